The molecule has 0 unspecified atom stereocenters. The summed E-state index contributed by atoms with van der Waals surface area (Å²) >= 11 is 0. The molecule has 0 fully saturated rings. The van der Waals surface area contributed by atoms with Crippen molar-refractivity contribution in [3.05, 3.63) is 39.9 Å². The number of hydrogen-bond acceptors (Lipinski definition) is 5. The van der Waals surface area contributed by atoms with Crippen LogP contribution in [0, 0.1) is 10.1 Å². The largest absolute Gasteiger partial charge is 0.444 e. The van der Waals surface area contributed by atoms with Crippen molar-refractivity contribution in [1.82, 2.24) is 16.0 Å². The smallest absolute Gasteiger partial charge is 0.407 e. The molecule has 0 heterocycles. The average Bonchev–Trinajstić information content (AvgIpc) is 2.56. The van der Waals surface area contributed by atoms with Crippen molar-refractivity contribution in [2.24, 2.45) is 4.99 Å². The monoisotopic (exact) mass is 365 g/mol. The number of carbonyl (C=O) groups excluding carboxylic acids is 1. The van der Waals surface area contributed by atoms with E-state index >= 15 is 0 Å². The Bertz CT molecular complexity index is 640. The lowest BCUT2D eigenvalue weighted by molar-refractivity contribution is -0.384. The van der Waals surface area contributed by atoms with Crippen LogP contribution in [-0.2, 0) is 11.3 Å². The molecule has 0 saturated carbocycles. The molecule has 0 radical (unpaired) electrons. The Hall–Kier alpha value is -2.84. The highest BCUT2D eigenvalue weighted by atomic mass is 16.6. The van der Waals surface area contributed by atoms with Crippen LogP contribution in [0.3, 0.4) is 0 Å². The Morgan fingerprint density at radius 1 is 1.23 bits per heavy atom. The van der Waals surface area contributed by atoms with Crippen molar-refractivity contribution >= 4 is 17.7 Å². The van der Waals surface area contributed by atoms with Gasteiger partial charge in [0.15, 0.2) is 5.96 Å². The maximum atomic E-state index is 11.5. The maximum absolute atomic E-state index is 11.5. The molecule has 3 N–H and O–H groups in total. The molecule has 144 valence electrons. The van der Waals surface area contributed by atoms with Crippen molar-refractivity contribution in [3.63, 3.8) is 0 Å². The fraction of sp³-hybridized carbons (Fsp3) is 0.529. The van der Waals surface area contributed by atoms with Crippen molar-refractivity contribution < 1.29 is 14.5 Å². The summed E-state index contributed by atoms with van der Waals surface area (Å²) < 4.78 is 5.15. The summed E-state index contributed by atoms with van der Waals surface area (Å²) in [6.07, 6.45) is 0.252. The van der Waals surface area contributed by atoms with Crippen LogP contribution in [0.25, 0.3) is 0 Å². The lowest BCUT2D eigenvalue weighted by Gasteiger charge is -2.19. The number of aliphatic imine (C=N–C) groups is 1. The van der Waals surface area contributed by atoms with E-state index in [-0.39, 0.29) is 5.69 Å². The second kappa shape index (κ2) is 10.2. The van der Waals surface area contributed by atoms with E-state index in [1.165, 1.54) is 12.1 Å². The number of amides is 1. The second-order valence-corrected chi connectivity index (χ2v) is 6.56. The van der Waals surface area contributed by atoms with E-state index in [1.807, 2.05) is 20.8 Å². The maximum Gasteiger partial charge on any atom is 0.407 e. The van der Waals surface area contributed by atoms with Crippen molar-refractivity contribution in [2.75, 3.05) is 20.1 Å². The summed E-state index contributed by atoms with van der Waals surface area (Å²) in [6.45, 7) is 6.92. The van der Waals surface area contributed by atoms with Gasteiger partial charge < -0.3 is 20.7 Å². The Balaban J connectivity index is 2.28. The minimum atomic E-state index is -0.513. The van der Waals surface area contributed by atoms with E-state index in [2.05, 4.69) is 20.9 Å². The van der Waals surface area contributed by atoms with Crippen LogP contribution in [0.4, 0.5) is 10.5 Å². The molecule has 0 aliphatic rings. The van der Waals surface area contributed by atoms with Crippen LogP contribution in [-0.4, -0.2) is 42.7 Å². The zero-order valence-corrected chi connectivity index (χ0v) is 15.7. The Morgan fingerprint density at radius 3 is 2.54 bits per heavy atom. The summed E-state index contributed by atoms with van der Waals surface area (Å²) in [4.78, 5) is 26.0. The number of rotatable bonds is 7. The molecule has 0 spiro atoms. The number of benzene rings is 1. The number of carbonyl (C=O) groups is 1. The lowest BCUT2D eigenvalue weighted by atomic mass is 10.2. The van der Waals surface area contributed by atoms with Gasteiger partial charge in [-0.2, -0.15) is 0 Å². The molecular weight excluding hydrogens is 338 g/mol. The predicted molar refractivity (Wildman–Crippen MR) is 100 cm³/mol. The summed E-state index contributed by atoms with van der Waals surface area (Å²) in [7, 11) is 1.64. The lowest BCUT2D eigenvalue weighted by Crippen LogP contribution is -2.39. The fourth-order valence-electron chi connectivity index (χ4n) is 1.99. The molecule has 9 heteroatoms. The van der Waals surface area contributed by atoms with Crippen LogP contribution in [0.1, 0.15) is 32.8 Å². The van der Waals surface area contributed by atoms with Gasteiger partial charge in [-0.25, -0.2) is 4.79 Å². The molecular formula is C17H27N5O4. The third-order valence-corrected chi connectivity index (χ3v) is 3.12. The number of hydrogen-bond donors (Lipinski definition) is 3. The molecule has 0 atom stereocenters. The van der Waals surface area contributed by atoms with Gasteiger partial charge in [0.25, 0.3) is 5.69 Å². The first-order valence-corrected chi connectivity index (χ1v) is 8.36. The molecule has 0 aliphatic carbocycles. The standard InChI is InChI=1S/C17H27N5O4/c1-17(2,3)26-16(23)20-10-6-9-19-15(18-4)21-12-13-7-5-8-14(11-13)22(24)25/h5,7-8,11H,6,9-10,12H2,1-4H3,(H,20,23)(H2,18,19,21). The van der Waals surface area contributed by atoms with Crippen molar-refractivity contribution in [3.8, 4) is 0 Å². The zero-order valence-electron chi connectivity index (χ0n) is 15.7. The summed E-state index contributed by atoms with van der Waals surface area (Å²) in [5.41, 5.74) is 0.329. The van der Waals surface area contributed by atoms with Crippen LogP contribution in [0.5, 0.6) is 0 Å². The Labute approximate surface area is 153 Å². The summed E-state index contributed by atoms with van der Waals surface area (Å²) in [5, 5.41) is 19.7. The normalized spacial score (nSPS) is 11.6. The van der Waals surface area contributed by atoms with Gasteiger partial charge in [0, 0.05) is 38.8 Å². The van der Waals surface area contributed by atoms with Crippen LogP contribution in [0.2, 0.25) is 0 Å². The van der Waals surface area contributed by atoms with E-state index in [1.54, 1.807) is 19.2 Å². The molecule has 26 heavy (non-hydrogen) atoms. The van der Waals surface area contributed by atoms with Gasteiger partial charge in [0.1, 0.15) is 5.60 Å². The van der Waals surface area contributed by atoms with Crippen molar-refractivity contribution in [2.45, 2.75) is 39.3 Å². The number of nitro groups is 1. The van der Waals surface area contributed by atoms with Crippen LogP contribution >= 0.6 is 0 Å². The predicted octanol–water partition coefficient (Wildman–Crippen LogP) is 2.17. The quantitative estimate of drug-likeness (QED) is 0.224. The molecule has 1 aromatic rings. The topological polar surface area (TPSA) is 118 Å². The van der Waals surface area contributed by atoms with Gasteiger partial charge in [-0.1, -0.05) is 12.1 Å². The van der Waals surface area contributed by atoms with Crippen LogP contribution in [0.15, 0.2) is 29.3 Å². The van der Waals surface area contributed by atoms with Gasteiger partial charge in [-0.3, -0.25) is 15.1 Å². The van der Waals surface area contributed by atoms with E-state index in [0.29, 0.717) is 32.0 Å². The van der Waals surface area contributed by atoms with Gasteiger partial charge in [-0.15, -0.1) is 0 Å². The third kappa shape index (κ3) is 8.86. The van der Waals surface area contributed by atoms with Crippen LogP contribution < -0.4 is 16.0 Å². The van der Waals surface area contributed by atoms with E-state index in [4.69, 9.17) is 4.74 Å². The molecule has 1 amide bonds. The average molecular weight is 365 g/mol. The molecule has 9 nitrogen and oxygen atoms in total. The number of nitrogens with zero attached hydrogens (tertiary/aromatic N) is 2. The summed E-state index contributed by atoms with van der Waals surface area (Å²) in [6, 6.07) is 6.42. The Kier molecular flexibility index (Phi) is 8.33. The minimum Gasteiger partial charge on any atom is -0.444 e. The van der Waals surface area contributed by atoms with Gasteiger partial charge in [0.2, 0.25) is 0 Å². The highest BCUT2D eigenvalue weighted by Gasteiger charge is 2.15. The molecule has 0 bridgehead atoms. The van der Waals surface area contributed by atoms with Gasteiger partial charge in [0.05, 0.1) is 4.92 Å². The molecule has 0 aliphatic heterocycles. The number of ether oxygens (including phenoxy) is 1. The minimum absolute atomic E-state index is 0.0560. The highest BCUT2D eigenvalue weighted by Crippen LogP contribution is 2.12. The molecule has 1 rings (SSSR count). The number of guanidine groups is 1. The van der Waals surface area contributed by atoms with E-state index in [0.717, 1.165) is 5.56 Å². The second-order valence-electron chi connectivity index (χ2n) is 6.56. The van der Waals surface area contributed by atoms with Gasteiger partial charge >= 0.3 is 6.09 Å². The van der Waals surface area contributed by atoms with E-state index in [9.17, 15) is 14.9 Å². The number of nitrogens with one attached hydrogen (secondary N) is 3. The van der Waals surface area contributed by atoms with Gasteiger partial charge in [-0.05, 0) is 32.8 Å². The highest BCUT2D eigenvalue weighted by molar-refractivity contribution is 5.79. The summed E-state index contributed by atoms with van der Waals surface area (Å²) in [5.74, 6) is 0.578. The first kappa shape index (κ1) is 21.2. The Morgan fingerprint density at radius 2 is 1.92 bits per heavy atom. The molecule has 0 saturated heterocycles. The first-order chi connectivity index (χ1) is 12.2. The number of nitro benzene ring substituents is 1. The van der Waals surface area contributed by atoms with Crippen molar-refractivity contribution in [1.29, 1.82) is 0 Å². The molecule has 1 aromatic carbocycles. The number of alkyl carbamates (subject to hydrolysis) is 1. The zero-order chi connectivity index (χ0) is 19.6. The number of non-ortho nitro benzene ring substituents is 1. The third-order valence-electron chi connectivity index (χ3n) is 3.12. The molecule has 0 aromatic heterocycles. The first-order valence-electron chi connectivity index (χ1n) is 8.36. The van der Waals surface area contributed by atoms with E-state index < -0.39 is 16.6 Å². The fourth-order valence-corrected chi connectivity index (χ4v) is 1.99. The SMILES string of the molecule is CN=C(NCCCNC(=O)OC(C)(C)C)NCc1cccc([N+](=O)[O-])c1.